The van der Waals surface area contributed by atoms with Gasteiger partial charge in [0.15, 0.2) is 5.11 Å². The summed E-state index contributed by atoms with van der Waals surface area (Å²) in [5.74, 6) is 0. The Morgan fingerprint density at radius 3 is 2.42 bits per heavy atom. The van der Waals surface area contributed by atoms with Gasteiger partial charge >= 0.3 is 0 Å². The number of nitrogens with zero attached hydrogens (tertiary/aromatic N) is 3. The highest BCUT2D eigenvalue weighted by atomic mass is 35.5. The molecule has 0 fully saturated rings. The molecule has 2 N–H and O–H groups in total. The average Bonchev–Trinajstić information content (AvgIpc) is 3.04. The maximum absolute atomic E-state index is 10.7. The molecule has 7 nitrogen and oxygen atoms in total. The van der Waals surface area contributed by atoms with Crippen LogP contribution in [-0.4, -0.2) is 19.8 Å². The van der Waals surface area contributed by atoms with E-state index < -0.39 is 4.92 Å². The molecule has 0 atom stereocenters. The molecule has 9 heteroatoms. The van der Waals surface area contributed by atoms with Crippen molar-refractivity contribution in [3.8, 4) is 0 Å². The summed E-state index contributed by atoms with van der Waals surface area (Å²) in [6.45, 7) is 0.612. The summed E-state index contributed by atoms with van der Waals surface area (Å²) in [5.41, 5.74) is 2.49. The third-order valence-corrected chi connectivity index (χ3v) is 3.94. The van der Waals surface area contributed by atoms with Crippen molar-refractivity contribution in [2.24, 2.45) is 0 Å². The molecule has 3 rings (SSSR count). The smallest absolute Gasteiger partial charge is 0.269 e. The first-order valence-corrected chi connectivity index (χ1v) is 8.37. The van der Waals surface area contributed by atoms with Crippen LogP contribution in [0.15, 0.2) is 60.9 Å². The number of halogens is 1. The van der Waals surface area contributed by atoms with E-state index in [1.807, 2.05) is 30.5 Å². The van der Waals surface area contributed by atoms with Crippen molar-refractivity contribution in [1.82, 2.24) is 9.78 Å². The van der Waals surface area contributed by atoms with Crippen molar-refractivity contribution in [1.29, 1.82) is 0 Å². The van der Waals surface area contributed by atoms with E-state index >= 15 is 0 Å². The van der Waals surface area contributed by atoms with Gasteiger partial charge in [-0.2, -0.15) is 5.10 Å². The van der Waals surface area contributed by atoms with Crippen LogP contribution in [0, 0.1) is 10.1 Å². The summed E-state index contributed by atoms with van der Waals surface area (Å²) in [5, 5.41) is 22.0. The zero-order valence-electron chi connectivity index (χ0n) is 13.4. The van der Waals surface area contributed by atoms with Crippen molar-refractivity contribution in [2.75, 3.05) is 10.6 Å². The number of thiocarbonyl (C=S) groups is 1. The Labute approximate surface area is 159 Å². The van der Waals surface area contributed by atoms with Crippen LogP contribution >= 0.6 is 23.8 Å². The molecule has 0 aliphatic heterocycles. The van der Waals surface area contributed by atoms with E-state index in [2.05, 4.69) is 15.7 Å². The van der Waals surface area contributed by atoms with Gasteiger partial charge in [0.1, 0.15) is 0 Å². The fourth-order valence-corrected chi connectivity index (χ4v) is 2.61. The molecule has 0 spiro atoms. The standard InChI is InChI=1S/C17H14ClN5O2S/c18-13-3-1-12(2-4-13)10-22-11-15(9-19-22)21-17(26)20-14-5-7-16(8-6-14)23(24)25/h1-9,11H,10H2,(H2,20,21,26). The molecule has 3 aromatic rings. The zero-order chi connectivity index (χ0) is 18.5. The predicted octanol–water partition coefficient (Wildman–Crippen LogP) is 4.30. The normalized spacial score (nSPS) is 10.3. The molecule has 1 heterocycles. The molecule has 0 radical (unpaired) electrons. The van der Waals surface area contributed by atoms with Crippen molar-refractivity contribution < 1.29 is 4.92 Å². The highest BCUT2D eigenvalue weighted by Crippen LogP contribution is 2.16. The SMILES string of the molecule is O=[N+]([O-])c1ccc(NC(=S)Nc2cnn(Cc3ccc(Cl)cc3)c2)cc1. The minimum absolute atomic E-state index is 0.0258. The molecular formula is C17H14ClN5O2S. The number of hydrogen-bond acceptors (Lipinski definition) is 4. The molecular weight excluding hydrogens is 374 g/mol. The summed E-state index contributed by atoms with van der Waals surface area (Å²) in [6.07, 6.45) is 3.50. The number of hydrogen-bond donors (Lipinski definition) is 2. The minimum atomic E-state index is -0.449. The molecule has 132 valence electrons. The number of nitro benzene ring substituents is 1. The Hall–Kier alpha value is -2.97. The minimum Gasteiger partial charge on any atom is -0.332 e. The molecule has 0 saturated heterocycles. The first-order chi connectivity index (χ1) is 12.5. The second kappa shape index (κ2) is 7.94. The summed E-state index contributed by atoms with van der Waals surface area (Å²) >= 11 is 11.1. The second-order valence-corrected chi connectivity index (χ2v) is 6.28. The highest BCUT2D eigenvalue weighted by molar-refractivity contribution is 7.80. The van der Waals surface area contributed by atoms with E-state index in [0.717, 1.165) is 11.3 Å². The Balaban J connectivity index is 1.57. The lowest BCUT2D eigenvalue weighted by atomic mass is 10.2. The fourth-order valence-electron chi connectivity index (χ4n) is 2.25. The quantitative estimate of drug-likeness (QED) is 0.385. The summed E-state index contributed by atoms with van der Waals surface area (Å²) in [4.78, 5) is 10.2. The second-order valence-electron chi connectivity index (χ2n) is 5.44. The van der Waals surface area contributed by atoms with E-state index in [9.17, 15) is 10.1 Å². The molecule has 0 unspecified atom stereocenters. The topological polar surface area (TPSA) is 85.0 Å². The van der Waals surface area contributed by atoms with E-state index in [1.165, 1.54) is 12.1 Å². The maximum Gasteiger partial charge on any atom is 0.269 e. The number of nitro groups is 1. The predicted molar refractivity (Wildman–Crippen MR) is 106 cm³/mol. The van der Waals surface area contributed by atoms with E-state index in [4.69, 9.17) is 23.8 Å². The van der Waals surface area contributed by atoms with Crippen molar-refractivity contribution in [2.45, 2.75) is 6.54 Å². The molecule has 2 aromatic carbocycles. The van der Waals surface area contributed by atoms with Gasteiger partial charge in [-0.05, 0) is 42.0 Å². The zero-order valence-corrected chi connectivity index (χ0v) is 15.0. The van der Waals surface area contributed by atoms with Crippen LogP contribution in [-0.2, 0) is 6.54 Å². The van der Waals surface area contributed by atoms with Crippen molar-refractivity contribution >= 4 is 46.0 Å². The highest BCUT2D eigenvalue weighted by Gasteiger charge is 2.06. The Morgan fingerprint density at radius 2 is 1.77 bits per heavy atom. The lowest BCUT2D eigenvalue weighted by Gasteiger charge is -2.08. The van der Waals surface area contributed by atoms with Gasteiger partial charge in [0.25, 0.3) is 5.69 Å². The van der Waals surface area contributed by atoms with Crippen LogP contribution in [0.1, 0.15) is 5.56 Å². The molecule has 0 amide bonds. The Bertz CT molecular complexity index is 925. The Morgan fingerprint density at radius 1 is 1.12 bits per heavy atom. The van der Waals surface area contributed by atoms with Crippen LogP contribution < -0.4 is 10.6 Å². The van der Waals surface area contributed by atoms with Gasteiger partial charge < -0.3 is 10.6 Å². The third-order valence-electron chi connectivity index (χ3n) is 3.48. The van der Waals surface area contributed by atoms with E-state index in [0.29, 0.717) is 22.4 Å². The van der Waals surface area contributed by atoms with Gasteiger partial charge in [0, 0.05) is 29.0 Å². The van der Waals surface area contributed by atoms with Gasteiger partial charge in [-0.1, -0.05) is 23.7 Å². The first kappa shape index (κ1) is 17.8. The van der Waals surface area contributed by atoms with Crippen LogP contribution in [0.2, 0.25) is 5.02 Å². The summed E-state index contributed by atoms with van der Waals surface area (Å²) in [7, 11) is 0. The maximum atomic E-state index is 10.7. The van der Waals surface area contributed by atoms with Gasteiger partial charge in [-0.3, -0.25) is 14.8 Å². The number of benzene rings is 2. The lowest BCUT2D eigenvalue weighted by molar-refractivity contribution is -0.384. The molecule has 1 aromatic heterocycles. The van der Waals surface area contributed by atoms with E-state index in [-0.39, 0.29) is 5.69 Å². The molecule has 0 saturated carbocycles. The monoisotopic (exact) mass is 387 g/mol. The van der Waals surface area contributed by atoms with Crippen LogP contribution in [0.25, 0.3) is 0 Å². The van der Waals surface area contributed by atoms with Gasteiger partial charge in [0.2, 0.25) is 0 Å². The first-order valence-electron chi connectivity index (χ1n) is 7.59. The van der Waals surface area contributed by atoms with Crippen molar-refractivity contribution in [3.63, 3.8) is 0 Å². The number of non-ortho nitro benzene ring substituents is 1. The molecule has 0 aliphatic rings. The Kier molecular flexibility index (Phi) is 5.45. The van der Waals surface area contributed by atoms with Crippen LogP contribution in [0.3, 0.4) is 0 Å². The summed E-state index contributed by atoms with van der Waals surface area (Å²) < 4.78 is 1.78. The number of nitrogens with one attached hydrogen (secondary N) is 2. The summed E-state index contributed by atoms with van der Waals surface area (Å²) in [6, 6.07) is 13.6. The van der Waals surface area contributed by atoms with Gasteiger partial charge in [0.05, 0.1) is 23.4 Å². The molecule has 0 bridgehead atoms. The van der Waals surface area contributed by atoms with Crippen LogP contribution in [0.4, 0.5) is 17.1 Å². The molecule has 0 aliphatic carbocycles. The largest absolute Gasteiger partial charge is 0.332 e. The van der Waals surface area contributed by atoms with Crippen LogP contribution in [0.5, 0.6) is 0 Å². The van der Waals surface area contributed by atoms with E-state index in [1.54, 1.807) is 23.0 Å². The van der Waals surface area contributed by atoms with Gasteiger partial charge in [-0.25, -0.2) is 0 Å². The number of aromatic nitrogens is 2. The molecule has 26 heavy (non-hydrogen) atoms. The van der Waals surface area contributed by atoms with Crippen molar-refractivity contribution in [3.05, 3.63) is 81.6 Å². The number of rotatable bonds is 5. The lowest BCUT2D eigenvalue weighted by Crippen LogP contribution is -2.18. The average molecular weight is 388 g/mol. The fraction of sp³-hybridized carbons (Fsp3) is 0.0588. The third kappa shape index (κ3) is 4.78. The van der Waals surface area contributed by atoms with Gasteiger partial charge in [-0.15, -0.1) is 0 Å². The number of anilines is 2.